The maximum atomic E-state index is 5.90. The van der Waals surface area contributed by atoms with Gasteiger partial charge in [-0.2, -0.15) is 5.10 Å². The molecule has 0 saturated carbocycles. The minimum atomic E-state index is 0.422. The molecule has 0 saturated heterocycles. The van der Waals surface area contributed by atoms with Crippen molar-refractivity contribution < 1.29 is 4.74 Å². The van der Waals surface area contributed by atoms with E-state index in [2.05, 4.69) is 20.2 Å². The summed E-state index contributed by atoms with van der Waals surface area (Å²) in [5.41, 5.74) is 9.33. The van der Waals surface area contributed by atoms with Gasteiger partial charge in [0.1, 0.15) is 17.8 Å². The number of nitrogens with two attached hydrogens (primary N) is 1. The molecule has 96 valence electrons. The summed E-state index contributed by atoms with van der Waals surface area (Å²) in [6.07, 6.45) is 1.42. The summed E-state index contributed by atoms with van der Waals surface area (Å²) in [7, 11) is 1.67. The van der Waals surface area contributed by atoms with E-state index in [9.17, 15) is 0 Å². The summed E-state index contributed by atoms with van der Waals surface area (Å²) < 4.78 is 5.13. The van der Waals surface area contributed by atoms with Gasteiger partial charge < -0.3 is 10.5 Å². The first-order chi connectivity index (χ1) is 9.29. The first-order valence-corrected chi connectivity index (χ1v) is 5.82. The molecule has 3 aromatic rings. The summed E-state index contributed by atoms with van der Waals surface area (Å²) in [4.78, 5) is 8.12. The average Bonchev–Trinajstić information content (AvgIpc) is 2.85. The predicted octanol–water partition coefficient (Wildman–Crippen LogP) is 1.75. The van der Waals surface area contributed by atoms with Crippen molar-refractivity contribution in [3.05, 3.63) is 36.2 Å². The largest absolute Gasteiger partial charge is 0.383 e. The van der Waals surface area contributed by atoms with E-state index in [1.165, 1.54) is 6.33 Å². The van der Waals surface area contributed by atoms with E-state index in [1.54, 1.807) is 7.11 Å². The standard InChI is InChI=1S/C13H13N5O/c1-19-6-8-3-2-4-9(5-8)11-10-12(14)15-7-16-13(10)18-17-11/h2-5,7H,6H2,1H3,(H3,14,15,16,17,18). The molecule has 0 aliphatic carbocycles. The molecule has 2 heterocycles. The molecule has 0 bridgehead atoms. The van der Waals surface area contributed by atoms with Crippen LogP contribution in [-0.4, -0.2) is 27.3 Å². The summed E-state index contributed by atoms with van der Waals surface area (Å²) in [6, 6.07) is 7.96. The van der Waals surface area contributed by atoms with Crippen molar-refractivity contribution in [3.63, 3.8) is 0 Å². The Bertz CT molecular complexity index is 722. The Kier molecular flexibility index (Phi) is 2.85. The van der Waals surface area contributed by atoms with Crippen LogP contribution in [0.5, 0.6) is 0 Å². The molecular weight excluding hydrogens is 242 g/mol. The lowest BCUT2D eigenvalue weighted by molar-refractivity contribution is 0.185. The lowest BCUT2D eigenvalue weighted by atomic mass is 10.1. The van der Waals surface area contributed by atoms with E-state index < -0.39 is 0 Å². The number of benzene rings is 1. The lowest BCUT2D eigenvalue weighted by Crippen LogP contribution is -1.93. The highest BCUT2D eigenvalue weighted by Gasteiger charge is 2.12. The minimum Gasteiger partial charge on any atom is -0.383 e. The van der Waals surface area contributed by atoms with Crippen molar-refractivity contribution in [2.45, 2.75) is 6.61 Å². The fourth-order valence-corrected chi connectivity index (χ4v) is 2.07. The van der Waals surface area contributed by atoms with Crippen molar-refractivity contribution in [1.82, 2.24) is 20.2 Å². The minimum absolute atomic E-state index is 0.422. The van der Waals surface area contributed by atoms with Crippen LogP contribution in [0.3, 0.4) is 0 Å². The van der Waals surface area contributed by atoms with Crippen LogP contribution in [0.2, 0.25) is 0 Å². The number of nitrogens with zero attached hydrogens (tertiary/aromatic N) is 3. The first kappa shape index (κ1) is 11.6. The highest BCUT2D eigenvalue weighted by molar-refractivity contribution is 5.97. The smallest absolute Gasteiger partial charge is 0.161 e. The number of hydrogen-bond acceptors (Lipinski definition) is 5. The zero-order valence-electron chi connectivity index (χ0n) is 10.4. The molecule has 0 aliphatic heterocycles. The van der Waals surface area contributed by atoms with E-state index in [0.717, 1.165) is 22.2 Å². The summed E-state index contributed by atoms with van der Waals surface area (Å²) >= 11 is 0. The molecule has 6 heteroatoms. The van der Waals surface area contributed by atoms with Crippen molar-refractivity contribution in [1.29, 1.82) is 0 Å². The molecule has 0 amide bonds. The van der Waals surface area contributed by atoms with Gasteiger partial charge in [0.05, 0.1) is 12.0 Å². The van der Waals surface area contributed by atoms with Crippen LogP contribution in [0.4, 0.5) is 5.82 Å². The summed E-state index contributed by atoms with van der Waals surface area (Å²) in [6.45, 7) is 0.558. The van der Waals surface area contributed by atoms with Crippen molar-refractivity contribution in [3.8, 4) is 11.3 Å². The third kappa shape index (κ3) is 2.02. The number of methoxy groups -OCH3 is 1. The van der Waals surface area contributed by atoms with E-state index in [4.69, 9.17) is 10.5 Å². The number of hydrogen-bond donors (Lipinski definition) is 2. The Morgan fingerprint density at radius 3 is 3.05 bits per heavy atom. The average molecular weight is 255 g/mol. The molecule has 3 rings (SSSR count). The molecule has 1 aromatic carbocycles. The van der Waals surface area contributed by atoms with Crippen LogP contribution in [0.15, 0.2) is 30.6 Å². The number of aromatic nitrogens is 4. The number of aromatic amines is 1. The quantitative estimate of drug-likeness (QED) is 0.744. The van der Waals surface area contributed by atoms with Gasteiger partial charge in [-0.3, -0.25) is 5.10 Å². The number of nitrogens with one attached hydrogen (secondary N) is 1. The van der Waals surface area contributed by atoms with Gasteiger partial charge in [0, 0.05) is 12.7 Å². The Morgan fingerprint density at radius 1 is 1.32 bits per heavy atom. The van der Waals surface area contributed by atoms with E-state index in [0.29, 0.717) is 18.1 Å². The van der Waals surface area contributed by atoms with Gasteiger partial charge in [-0.1, -0.05) is 18.2 Å². The molecule has 0 aliphatic rings. The van der Waals surface area contributed by atoms with Gasteiger partial charge in [-0.05, 0) is 11.6 Å². The Labute approximate surface area is 109 Å². The SMILES string of the molecule is COCc1cccc(-c2n[nH]c3ncnc(N)c23)c1. The molecule has 0 unspecified atom stereocenters. The second-order valence-corrected chi connectivity index (χ2v) is 4.19. The third-order valence-corrected chi connectivity index (χ3v) is 2.90. The van der Waals surface area contributed by atoms with Crippen LogP contribution >= 0.6 is 0 Å². The van der Waals surface area contributed by atoms with E-state index >= 15 is 0 Å². The number of nitrogen functional groups attached to an aromatic ring is 1. The Hall–Kier alpha value is -2.47. The second kappa shape index (κ2) is 4.66. The van der Waals surface area contributed by atoms with Crippen LogP contribution in [0.25, 0.3) is 22.3 Å². The van der Waals surface area contributed by atoms with Gasteiger partial charge in [-0.25, -0.2) is 9.97 Å². The number of anilines is 1. The predicted molar refractivity (Wildman–Crippen MR) is 72.2 cm³/mol. The maximum absolute atomic E-state index is 5.90. The topological polar surface area (TPSA) is 89.7 Å². The van der Waals surface area contributed by atoms with Gasteiger partial charge in [0.15, 0.2) is 5.65 Å². The zero-order valence-corrected chi connectivity index (χ0v) is 10.4. The zero-order chi connectivity index (χ0) is 13.2. The van der Waals surface area contributed by atoms with Crippen LogP contribution in [0, 0.1) is 0 Å². The molecule has 0 fully saturated rings. The lowest BCUT2D eigenvalue weighted by Gasteiger charge is -2.03. The maximum Gasteiger partial charge on any atom is 0.161 e. The fourth-order valence-electron chi connectivity index (χ4n) is 2.07. The number of H-pyrrole nitrogens is 1. The molecule has 6 nitrogen and oxygen atoms in total. The van der Waals surface area contributed by atoms with E-state index in [1.807, 2.05) is 24.3 Å². The van der Waals surface area contributed by atoms with Crippen LogP contribution < -0.4 is 5.73 Å². The molecule has 0 radical (unpaired) electrons. The molecule has 19 heavy (non-hydrogen) atoms. The monoisotopic (exact) mass is 255 g/mol. The van der Waals surface area contributed by atoms with E-state index in [-0.39, 0.29) is 0 Å². The number of fused-ring (bicyclic) bond motifs is 1. The summed E-state index contributed by atoms with van der Waals surface area (Å²) in [5.74, 6) is 0.422. The Balaban J connectivity index is 2.16. The summed E-state index contributed by atoms with van der Waals surface area (Å²) in [5, 5.41) is 7.89. The molecule has 2 aromatic heterocycles. The number of ether oxygens (including phenoxy) is 1. The van der Waals surface area contributed by atoms with Crippen LogP contribution in [0.1, 0.15) is 5.56 Å². The number of rotatable bonds is 3. The van der Waals surface area contributed by atoms with Crippen molar-refractivity contribution >= 4 is 16.9 Å². The molecular formula is C13H13N5O. The van der Waals surface area contributed by atoms with Gasteiger partial charge in [0.25, 0.3) is 0 Å². The highest BCUT2D eigenvalue weighted by atomic mass is 16.5. The normalized spacial score (nSPS) is 11.0. The van der Waals surface area contributed by atoms with Crippen molar-refractivity contribution in [2.24, 2.45) is 0 Å². The molecule has 0 atom stereocenters. The van der Waals surface area contributed by atoms with Gasteiger partial charge in [-0.15, -0.1) is 0 Å². The van der Waals surface area contributed by atoms with Crippen LogP contribution in [-0.2, 0) is 11.3 Å². The van der Waals surface area contributed by atoms with Gasteiger partial charge >= 0.3 is 0 Å². The molecule has 3 N–H and O–H groups in total. The highest BCUT2D eigenvalue weighted by Crippen LogP contribution is 2.28. The Morgan fingerprint density at radius 2 is 2.21 bits per heavy atom. The fraction of sp³-hybridized carbons (Fsp3) is 0.154. The third-order valence-electron chi connectivity index (χ3n) is 2.90. The first-order valence-electron chi connectivity index (χ1n) is 5.82. The van der Waals surface area contributed by atoms with Gasteiger partial charge in [0.2, 0.25) is 0 Å². The second-order valence-electron chi connectivity index (χ2n) is 4.19. The van der Waals surface area contributed by atoms with Crippen molar-refractivity contribution in [2.75, 3.05) is 12.8 Å². The molecule has 0 spiro atoms.